The van der Waals surface area contributed by atoms with Crippen LogP contribution in [0.4, 0.5) is 8.78 Å². The van der Waals surface area contributed by atoms with Crippen LogP contribution in [0.15, 0.2) is 18.2 Å². The van der Waals surface area contributed by atoms with E-state index in [9.17, 15) is 13.6 Å². The van der Waals surface area contributed by atoms with E-state index in [1.165, 1.54) is 25.1 Å². The molecule has 0 radical (unpaired) electrons. The minimum atomic E-state index is -2.99. The summed E-state index contributed by atoms with van der Waals surface area (Å²) in [6.45, 7) is -1.77. The number of carbonyl (C=O) groups excluding carboxylic acids is 1. The molecule has 0 heterocycles. The lowest BCUT2D eigenvalue weighted by Crippen LogP contribution is -2.06. The first-order chi connectivity index (χ1) is 7.04. The van der Waals surface area contributed by atoms with Crippen LogP contribution in [0.25, 0.3) is 0 Å². The number of hydrogen-bond acceptors (Lipinski definition) is 3. The quantitative estimate of drug-likeness (QED) is 0.721. The summed E-state index contributed by atoms with van der Waals surface area (Å²) in [6.07, 6.45) is 0. The van der Waals surface area contributed by atoms with Gasteiger partial charge < -0.3 is 4.74 Å². The average Bonchev–Trinajstić information content (AvgIpc) is 2.17. The number of hydrogen-bond donors (Lipinski definition) is 0. The summed E-state index contributed by atoms with van der Waals surface area (Å²) in [6, 6.07) is 5.52. The van der Waals surface area contributed by atoms with Crippen LogP contribution in [0.5, 0.6) is 5.75 Å². The largest absolute Gasteiger partial charge is 0.434 e. The van der Waals surface area contributed by atoms with Crippen molar-refractivity contribution in [2.75, 3.05) is 0 Å². The second kappa shape index (κ2) is 4.51. The first kappa shape index (κ1) is 11.1. The highest BCUT2D eigenvalue weighted by atomic mass is 19.3. The fourth-order valence-corrected chi connectivity index (χ4v) is 1.07. The van der Waals surface area contributed by atoms with Gasteiger partial charge in [-0.15, -0.1) is 0 Å². The summed E-state index contributed by atoms with van der Waals surface area (Å²) >= 11 is 0. The predicted octanol–water partition coefficient (Wildman–Crippen LogP) is 2.36. The lowest BCUT2D eigenvalue weighted by atomic mass is 10.1. The van der Waals surface area contributed by atoms with E-state index in [1.807, 2.05) is 6.07 Å². The first-order valence-corrected chi connectivity index (χ1v) is 4.04. The fraction of sp³-hybridized carbons (Fsp3) is 0.200. The molecule has 0 saturated heterocycles. The van der Waals surface area contributed by atoms with Gasteiger partial charge in [-0.3, -0.25) is 4.79 Å². The molecule has 0 amide bonds. The number of nitrogens with zero attached hydrogens (tertiary/aromatic N) is 1. The highest BCUT2D eigenvalue weighted by Gasteiger charge is 2.13. The van der Waals surface area contributed by atoms with Crippen molar-refractivity contribution < 1.29 is 18.3 Å². The van der Waals surface area contributed by atoms with Crippen molar-refractivity contribution in [3.63, 3.8) is 0 Å². The van der Waals surface area contributed by atoms with Gasteiger partial charge in [0.1, 0.15) is 5.75 Å². The number of benzene rings is 1. The molecule has 0 N–H and O–H groups in total. The molecule has 0 fully saturated rings. The summed E-state index contributed by atoms with van der Waals surface area (Å²) in [5.41, 5.74) is 0.205. The maximum Gasteiger partial charge on any atom is 0.387 e. The number of ether oxygens (including phenoxy) is 1. The van der Waals surface area contributed by atoms with Gasteiger partial charge in [-0.1, -0.05) is 0 Å². The average molecular weight is 211 g/mol. The molecule has 0 spiro atoms. The Morgan fingerprint density at radius 3 is 2.67 bits per heavy atom. The summed E-state index contributed by atoms with van der Waals surface area (Å²) in [4.78, 5) is 11.1. The summed E-state index contributed by atoms with van der Waals surface area (Å²) in [7, 11) is 0. The molecule has 1 aromatic carbocycles. The Bertz CT molecular complexity index is 424. The van der Waals surface area contributed by atoms with E-state index in [0.717, 1.165) is 0 Å². The second-order valence-corrected chi connectivity index (χ2v) is 2.76. The molecule has 0 saturated carbocycles. The zero-order valence-corrected chi connectivity index (χ0v) is 7.83. The van der Waals surface area contributed by atoms with Gasteiger partial charge in [0.25, 0.3) is 0 Å². The third kappa shape index (κ3) is 2.74. The zero-order valence-electron chi connectivity index (χ0n) is 7.83. The van der Waals surface area contributed by atoms with Gasteiger partial charge in [0.2, 0.25) is 0 Å². The van der Waals surface area contributed by atoms with Crippen LogP contribution >= 0.6 is 0 Å². The van der Waals surface area contributed by atoms with E-state index in [2.05, 4.69) is 4.74 Å². The van der Waals surface area contributed by atoms with Crippen LogP contribution in [0, 0.1) is 11.3 Å². The number of alkyl halides is 2. The fourth-order valence-electron chi connectivity index (χ4n) is 1.07. The number of carbonyl (C=O) groups is 1. The Balaban J connectivity index is 3.16. The van der Waals surface area contributed by atoms with Crippen molar-refractivity contribution >= 4 is 5.78 Å². The van der Waals surface area contributed by atoms with Gasteiger partial charge in [-0.25, -0.2) is 0 Å². The van der Waals surface area contributed by atoms with Crippen LogP contribution in [-0.4, -0.2) is 12.4 Å². The molecule has 3 nitrogen and oxygen atoms in total. The van der Waals surface area contributed by atoms with E-state index < -0.39 is 12.4 Å². The van der Waals surface area contributed by atoms with Gasteiger partial charge in [-0.05, 0) is 25.1 Å². The number of halogens is 2. The highest BCUT2D eigenvalue weighted by molar-refractivity contribution is 5.97. The Labute approximate surface area is 84.9 Å². The third-order valence-corrected chi connectivity index (χ3v) is 1.70. The topological polar surface area (TPSA) is 50.1 Å². The summed E-state index contributed by atoms with van der Waals surface area (Å²) in [5.74, 6) is -0.640. The van der Waals surface area contributed by atoms with Gasteiger partial charge in [0.05, 0.1) is 17.2 Å². The predicted molar refractivity (Wildman–Crippen MR) is 47.8 cm³/mol. The van der Waals surface area contributed by atoms with Crippen molar-refractivity contribution in [2.45, 2.75) is 13.5 Å². The molecule has 0 bridgehead atoms. The zero-order chi connectivity index (χ0) is 11.4. The number of nitriles is 1. The highest BCUT2D eigenvalue weighted by Crippen LogP contribution is 2.22. The van der Waals surface area contributed by atoms with Crippen LogP contribution < -0.4 is 4.74 Å². The number of Topliss-reactive ketones (excluding diaryl/α,β-unsaturated/α-hetero) is 1. The maximum atomic E-state index is 11.9. The molecule has 78 valence electrons. The van der Waals surface area contributed by atoms with Gasteiger partial charge in [-0.2, -0.15) is 14.0 Å². The Morgan fingerprint density at radius 1 is 1.53 bits per heavy atom. The molecule has 5 heteroatoms. The van der Waals surface area contributed by atoms with Crippen molar-refractivity contribution in [3.8, 4) is 11.8 Å². The van der Waals surface area contributed by atoms with Crippen molar-refractivity contribution in [3.05, 3.63) is 29.3 Å². The smallest absolute Gasteiger partial charge is 0.387 e. The van der Waals surface area contributed by atoms with Crippen molar-refractivity contribution in [1.82, 2.24) is 0 Å². The van der Waals surface area contributed by atoms with Gasteiger partial charge in [0.15, 0.2) is 5.78 Å². The molecular weight excluding hydrogens is 204 g/mol. The molecule has 1 aromatic rings. The lowest BCUT2D eigenvalue weighted by molar-refractivity contribution is -0.0501. The van der Waals surface area contributed by atoms with Crippen molar-refractivity contribution in [2.24, 2.45) is 0 Å². The number of rotatable bonds is 3. The molecule has 0 aromatic heterocycles. The number of ketones is 1. The van der Waals surface area contributed by atoms with Crippen molar-refractivity contribution in [1.29, 1.82) is 5.26 Å². The molecule has 0 atom stereocenters. The monoisotopic (exact) mass is 211 g/mol. The minimum Gasteiger partial charge on any atom is -0.434 e. The van der Waals surface area contributed by atoms with Gasteiger partial charge >= 0.3 is 6.61 Å². The molecule has 1 rings (SSSR count). The van der Waals surface area contributed by atoms with Crippen LogP contribution in [0.3, 0.4) is 0 Å². The van der Waals surface area contributed by atoms with E-state index >= 15 is 0 Å². The lowest BCUT2D eigenvalue weighted by Gasteiger charge is -2.08. The van der Waals surface area contributed by atoms with E-state index in [0.29, 0.717) is 0 Å². The van der Waals surface area contributed by atoms with E-state index in [1.54, 1.807) is 0 Å². The van der Waals surface area contributed by atoms with E-state index in [-0.39, 0.29) is 16.9 Å². The Morgan fingerprint density at radius 2 is 2.20 bits per heavy atom. The van der Waals surface area contributed by atoms with Crippen LogP contribution in [0.2, 0.25) is 0 Å². The van der Waals surface area contributed by atoms with E-state index in [4.69, 9.17) is 5.26 Å². The molecule has 15 heavy (non-hydrogen) atoms. The molecule has 0 aliphatic heterocycles. The second-order valence-electron chi connectivity index (χ2n) is 2.76. The normalized spacial score (nSPS) is 9.80. The SMILES string of the molecule is CC(=O)c1cc(C#N)ccc1OC(F)F. The molecule has 0 aliphatic carbocycles. The minimum absolute atomic E-state index is 0.0191. The van der Waals surface area contributed by atoms with Crippen LogP contribution in [0.1, 0.15) is 22.8 Å². The summed E-state index contributed by atoms with van der Waals surface area (Å²) < 4.78 is 28.0. The first-order valence-electron chi connectivity index (χ1n) is 4.04. The standard InChI is InChI=1S/C10H7F2NO2/c1-6(14)8-4-7(5-13)2-3-9(8)15-10(11)12/h2-4,10H,1H3. The molecule has 0 aliphatic rings. The molecule has 0 unspecified atom stereocenters. The summed E-state index contributed by atoms with van der Waals surface area (Å²) in [5, 5.41) is 8.57. The Kier molecular flexibility index (Phi) is 3.34. The maximum absolute atomic E-state index is 11.9. The third-order valence-electron chi connectivity index (χ3n) is 1.70. The van der Waals surface area contributed by atoms with Gasteiger partial charge in [0, 0.05) is 0 Å². The Hall–Kier alpha value is -1.96. The molecular formula is C10H7F2NO2. The van der Waals surface area contributed by atoms with Crippen LogP contribution in [-0.2, 0) is 0 Å².